The van der Waals surface area contributed by atoms with Gasteiger partial charge < -0.3 is 55.5 Å². The maximum Gasteiger partial charge on any atom is 0.151 e. The van der Waals surface area contributed by atoms with Crippen molar-refractivity contribution < 1.29 is 55.5 Å². The van der Waals surface area contributed by atoms with E-state index in [0.717, 1.165) is 0 Å². The summed E-state index contributed by atoms with van der Waals surface area (Å²) in [6.45, 7) is -0.765. The maximum absolute atomic E-state index is 10.3. The Bertz CT molecular complexity index is 378. The second-order valence-electron chi connectivity index (χ2n) is 5.38. The van der Waals surface area contributed by atoms with Crippen LogP contribution in [0.2, 0.25) is 0 Å². The van der Waals surface area contributed by atoms with Crippen molar-refractivity contribution in [2.45, 2.75) is 61.0 Å². The fraction of sp³-hybridized carbons (Fsp3) is 0.917. The Morgan fingerprint density at radius 1 is 0.870 bits per heavy atom. The summed E-state index contributed by atoms with van der Waals surface area (Å²) in [7, 11) is 0. The van der Waals surface area contributed by atoms with Gasteiger partial charge in [0.25, 0.3) is 0 Å². The smallest absolute Gasteiger partial charge is 0.151 e. The van der Waals surface area contributed by atoms with Crippen molar-refractivity contribution in [3.63, 3.8) is 0 Å². The monoisotopic (exact) mass is 342 g/mol. The Labute approximate surface area is 130 Å². The van der Waals surface area contributed by atoms with Crippen LogP contribution in [0.1, 0.15) is 0 Å². The second-order valence-corrected chi connectivity index (χ2v) is 5.38. The third kappa shape index (κ3) is 4.22. The summed E-state index contributed by atoms with van der Waals surface area (Å²) < 4.78 is 4.99. The molecule has 1 saturated heterocycles. The molecular weight excluding hydrogens is 320 g/mol. The summed E-state index contributed by atoms with van der Waals surface area (Å²) in [5.74, 6) is 0. The van der Waals surface area contributed by atoms with Crippen molar-refractivity contribution in [1.82, 2.24) is 0 Å². The molecule has 0 aromatic heterocycles. The van der Waals surface area contributed by atoms with Crippen LogP contribution in [0.4, 0.5) is 0 Å². The van der Waals surface area contributed by atoms with Gasteiger partial charge in [-0.15, -0.1) is 0 Å². The first-order valence-electron chi connectivity index (χ1n) is 6.83. The number of hydrogen-bond acceptors (Lipinski definition) is 11. The molecule has 1 fully saturated rings. The van der Waals surface area contributed by atoms with Gasteiger partial charge in [-0.2, -0.15) is 0 Å². The lowest BCUT2D eigenvalue weighted by atomic mass is 9.88. The maximum atomic E-state index is 10.3. The van der Waals surface area contributed by atoms with Gasteiger partial charge >= 0.3 is 0 Å². The number of carbonyl (C=O) groups is 1. The predicted molar refractivity (Wildman–Crippen MR) is 69.9 cm³/mol. The highest BCUT2D eigenvalue weighted by atomic mass is 16.6. The van der Waals surface area contributed by atoms with E-state index in [4.69, 9.17) is 14.9 Å². The lowest BCUT2D eigenvalue weighted by Crippen LogP contribution is -2.64. The highest BCUT2D eigenvalue weighted by Gasteiger charge is 2.49. The van der Waals surface area contributed by atoms with Crippen LogP contribution in [0.5, 0.6) is 0 Å². The number of hydrogen-bond donors (Lipinski definition) is 9. The van der Waals surface area contributed by atoms with Crippen molar-refractivity contribution in [3.8, 4) is 0 Å². The highest BCUT2D eigenvalue weighted by Crippen LogP contribution is 2.25. The van der Waals surface area contributed by atoms with Crippen molar-refractivity contribution in [2.75, 3.05) is 6.61 Å². The molecule has 1 rings (SSSR count). The molecule has 0 aromatic carbocycles. The summed E-state index contributed by atoms with van der Waals surface area (Å²) in [6, 6.07) is 0. The molecule has 2 unspecified atom stereocenters. The van der Waals surface area contributed by atoms with Gasteiger partial charge in [0.2, 0.25) is 0 Å². The summed E-state index contributed by atoms with van der Waals surface area (Å²) in [5.41, 5.74) is 0. The third-order valence-electron chi connectivity index (χ3n) is 3.80. The molecular formula is C12H22O11. The van der Waals surface area contributed by atoms with E-state index in [-0.39, 0.29) is 6.29 Å². The Kier molecular flexibility index (Phi) is 7.41. The van der Waals surface area contributed by atoms with Crippen molar-refractivity contribution in [1.29, 1.82) is 0 Å². The van der Waals surface area contributed by atoms with E-state index in [9.17, 15) is 40.5 Å². The summed E-state index contributed by atoms with van der Waals surface area (Å²) in [4.78, 5) is 10.3. The Morgan fingerprint density at radius 2 is 1.43 bits per heavy atom. The Balaban J connectivity index is 2.85. The first kappa shape index (κ1) is 20.3. The van der Waals surface area contributed by atoms with E-state index < -0.39 is 67.6 Å². The zero-order chi connectivity index (χ0) is 17.9. The summed E-state index contributed by atoms with van der Waals surface area (Å²) >= 11 is 0. The molecule has 0 radical (unpaired) electrons. The SMILES string of the molecule is O=C[C@H](O)[C@@H](O)[C@H](O)[C@H](O)C(O)C1O[C@H](CO)[C@H](O)[C@H](O)[C@H]1O. The lowest BCUT2D eigenvalue weighted by Gasteiger charge is -2.43. The molecule has 1 aliphatic rings. The standard InChI is InChI=1S/C12H22O11/c13-1-3(15)5(16)7(18)9(20)11(22)12-10(21)8(19)6(17)4(2-14)23-12/h1,3-12,14-22H,2H2/t3-,4+,5+,6-,7-,8-,9-,10+,11?,12?/m0/s1. The van der Waals surface area contributed by atoms with Crippen LogP contribution in [0.25, 0.3) is 0 Å². The number of aliphatic hydroxyl groups excluding tert-OH is 9. The van der Waals surface area contributed by atoms with E-state index in [0.29, 0.717) is 0 Å². The minimum atomic E-state index is -2.18. The van der Waals surface area contributed by atoms with Crippen molar-refractivity contribution in [2.24, 2.45) is 0 Å². The predicted octanol–water partition coefficient (Wildman–Crippen LogP) is -6.17. The average Bonchev–Trinajstić information content (AvgIpc) is 2.56. The van der Waals surface area contributed by atoms with Crippen LogP contribution >= 0.6 is 0 Å². The number of aldehydes is 1. The van der Waals surface area contributed by atoms with Gasteiger partial charge in [-0.1, -0.05) is 0 Å². The average molecular weight is 342 g/mol. The minimum Gasteiger partial charge on any atom is -0.394 e. The van der Waals surface area contributed by atoms with Gasteiger partial charge in [0.1, 0.15) is 61.0 Å². The molecule has 0 bridgehead atoms. The number of ether oxygens (including phenoxy) is 1. The topological polar surface area (TPSA) is 208 Å². The van der Waals surface area contributed by atoms with Crippen LogP contribution in [-0.4, -0.2) is 120 Å². The molecule has 0 spiro atoms. The lowest BCUT2D eigenvalue weighted by molar-refractivity contribution is -0.264. The van der Waals surface area contributed by atoms with Crippen LogP contribution in [0.15, 0.2) is 0 Å². The Morgan fingerprint density at radius 3 is 1.91 bits per heavy atom. The van der Waals surface area contributed by atoms with Gasteiger partial charge in [-0.3, -0.25) is 0 Å². The third-order valence-corrected chi connectivity index (χ3v) is 3.80. The summed E-state index contributed by atoms with van der Waals surface area (Å²) in [6.07, 6.45) is -19.1. The molecule has 0 saturated carbocycles. The molecule has 11 nitrogen and oxygen atoms in total. The molecule has 11 heteroatoms. The zero-order valence-electron chi connectivity index (χ0n) is 11.9. The number of rotatable bonds is 7. The number of aliphatic hydroxyl groups is 9. The first-order chi connectivity index (χ1) is 10.7. The zero-order valence-corrected chi connectivity index (χ0v) is 11.9. The molecule has 23 heavy (non-hydrogen) atoms. The van der Waals surface area contributed by atoms with Crippen molar-refractivity contribution in [3.05, 3.63) is 0 Å². The normalized spacial score (nSPS) is 38.4. The molecule has 1 heterocycles. The molecule has 0 aromatic rings. The van der Waals surface area contributed by atoms with Gasteiger partial charge in [0.15, 0.2) is 6.29 Å². The highest BCUT2D eigenvalue weighted by molar-refractivity contribution is 5.56. The molecule has 0 aliphatic carbocycles. The van der Waals surface area contributed by atoms with E-state index in [1.165, 1.54) is 0 Å². The van der Waals surface area contributed by atoms with E-state index >= 15 is 0 Å². The Hall–Kier alpha value is -0.730. The molecule has 136 valence electrons. The summed E-state index contributed by atoms with van der Waals surface area (Å²) in [5, 5.41) is 85.9. The van der Waals surface area contributed by atoms with E-state index in [2.05, 4.69) is 0 Å². The van der Waals surface area contributed by atoms with Crippen LogP contribution in [-0.2, 0) is 9.53 Å². The number of carbonyl (C=O) groups excluding carboxylic acids is 1. The largest absolute Gasteiger partial charge is 0.394 e. The second kappa shape index (κ2) is 8.39. The molecule has 9 N–H and O–H groups in total. The van der Waals surface area contributed by atoms with Crippen molar-refractivity contribution >= 4 is 6.29 Å². The van der Waals surface area contributed by atoms with Crippen LogP contribution in [0, 0.1) is 0 Å². The van der Waals surface area contributed by atoms with E-state index in [1.54, 1.807) is 0 Å². The van der Waals surface area contributed by atoms with Gasteiger partial charge in [-0.05, 0) is 0 Å². The molecule has 10 atom stereocenters. The quantitative estimate of drug-likeness (QED) is 0.199. The van der Waals surface area contributed by atoms with Crippen LogP contribution in [0.3, 0.4) is 0 Å². The van der Waals surface area contributed by atoms with Gasteiger partial charge in [-0.25, -0.2) is 0 Å². The molecule has 0 amide bonds. The fourth-order valence-corrected chi connectivity index (χ4v) is 2.29. The van der Waals surface area contributed by atoms with Gasteiger partial charge in [0, 0.05) is 0 Å². The fourth-order valence-electron chi connectivity index (χ4n) is 2.29. The van der Waals surface area contributed by atoms with E-state index in [1.807, 2.05) is 0 Å². The van der Waals surface area contributed by atoms with Crippen LogP contribution < -0.4 is 0 Å². The van der Waals surface area contributed by atoms with Gasteiger partial charge in [0.05, 0.1) is 6.61 Å². The minimum absolute atomic E-state index is 0.0964. The molecule has 1 aliphatic heterocycles. The first-order valence-corrected chi connectivity index (χ1v) is 6.83.